The van der Waals surface area contributed by atoms with Crippen LogP contribution in [0.4, 0.5) is 0 Å². The van der Waals surface area contributed by atoms with Gasteiger partial charge in [-0.15, -0.1) is 11.3 Å². The summed E-state index contributed by atoms with van der Waals surface area (Å²) < 4.78 is 0. The zero-order chi connectivity index (χ0) is 20.2. The van der Waals surface area contributed by atoms with Crippen LogP contribution in [0.3, 0.4) is 0 Å². The molecule has 1 aromatic heterocycles. The Morgan fingerprint density at radius 3 is 2.52 bits per heavy atom. The van der Waals surface area contributed by atoms with E-state index in [1.165, 1.54) is 5.56 Å². The smallest absolute Gasteiger partial charge is 0.227 e. The first kappa shape index (κ1) is 20.1. The van der Waals surface area contributed by atoms with Crippen molar-refractivity contribution in [2.75, 3.05) is 26.2 Å². The van der Waals surface area contributed by atoms with Crippen molar-refractivity contribution in [1.82, 2.24) is 14.8 Å². The third-order valence-electron chi connectivity index (χ3n) is 5.24. The van der Waals surface area contributed by atoms with E-state index in [0.717, 1.165) is 59.6 Å². The average Bonchev–Trinajstić information content (AvgIpc) is 3.19. The number of amides is 1. The van der Waals surface area contributed by atoms with E-state index in [-0.39, 0.29) is 5.91 Å². The molecule has 2 heterocycles. The number of piperazine rings is 1. The summed E-state index contributed by atoms with van der Waals surface area (Å²) in [6.45, 7) is 6.15. The normalized spacial score (nSPS) is 14.9. The second kappa shape index (κ2) is 9.08. The van der Waals surface area contributed by atoms with Gasteiger partial charge in [-0.1, -0.05) is 59.6 Å². The van der Waals surface area contributed by atoms with E-state index in [1.54, 1.807) is 11.3 Å². The van der Waals surface area contributed by atoms with Crippen molar-refractivity contribution in [2.45, 2.75) is 19.9 Å². The van der Waals surface area contributed by atoms with Gasteiger partial charge in [0.05, 0.1) is 17.1 Å². The van der Waals surface area contributed by atoms with Crippen LogP contribution < -0.4 is 0 Å². The molecular formula is C23H24ClN3OS. The zero-order valence-corrected chi connectivity index (χ0v) is 18.0. The molecule has 0 aliphatic carbocycles. The van der Waals surface area contributed by atoms with Gasteiger partial charge in [0.1, 0.15) is 5.01 Å². The molecule has 1 amide bonds. The van der Waals surface area contributed by atoms with E-state index in [0.29, 0.717) is 6.42 Å². The number of hydrogen-bond acceptors (Lipinski definition) is 4. The first-order chi connectivity index (χ1) is 14.1. The molecule has 4 nitrogen and oxygen atoms in total. The Morgan fingerprint density at radius 2 is 1.79 bits per heavy atom. The van der Waals surface area contributed by atoms with Crippen molar-refractivity contribution in [3.63, 3.8) is 0 Å². The molecule has 6 heteroatoms. The lowest BCUT2D eigenvalue weighted by Gasteiger charge is -2.34. The van der Waals surface area contributed by atoms with Crippen LogP contribution in [0.25, 0.3) is 10.6 Å². The number of thiazole rings is 1. The summed E-state index contributed by atoms with van der Waals surface area (Å²) in [6, 6.07) is 16.0. The van der Waals surface area contributed by atoms with Crippen LogP contribution in [0, 0.1) is 6.92 Å². The number of hydrogen-bond donors (Lipinski definition) is 0. The minimum atomic E-state index is 0.211. The first-order valence-corrected chi connectivity index (χ1v) is 11.1. The lowest BCUT2D eigenvalue weighted by Crippen LogP contribution is -2.48. The van der Waals surface area contributed by atoms with Crippen molar-refractivity contribution in [2.24, 2.45) is 0 Å². The van der Waals surface area contributed by atoms with Crippen LogP contribution in [-0.2, 0) is 17.8 Å². The van der Waals surface area contributed by atoms with Gasteiger partial charge in [-0.3, -0.25) is 9.69 Å². The van der Waals surface area contributed by atoms with Gasteiger partial charge in [-0.2, -0.15) is 0 Å². The fourth-order valence-corrected chi connectivity index (χ4v) is 4.65. The minimum absolute atomic E-state index is 0.211. The van der Waals surface area contributed by atoms with Crippen LogP contribution in [0.15, 0.2) is 53.9 Å². The molecule has 1 fully saturated rings. The van der Waals surface area contributed by atoms with Crippen molar-refractivity contribution in [3.8, 4) is 10.6 Å². The van der Waals surface area contributed by atoms with Gasteiger partial charge in [0.25, 0.3) is 0 Å². The average molecular weight is 426 g/mol. The highest BCUT2D eigenvalue weighted by atomic mass is 35.5. The Labute approximate surface area is 180 Å². The van der Waals surface area contributed by atoms with E-state index >= 15 is 0 Å². The van der Waals surface area contributed by atoms with Crippen molar-refractivity contribution >= 4 is 28.8 Å². The first-order valence-electron chi connectivity index (χ1n) is 9.83. The van der Waals surface area contributed by atoms with Crippen molar-refractivity contribution in [1.29, 1.82) is 0 Å². The van der Waals surface area contributed by atoms with Gasteiger partial charge in [0, 0.05) is 43.7 Å². The predicted molar refractivity (Wildman–Crippen MR) is 119 cm³/mol. The van der Waals surface area contributed by atoms with E-state index in [2.05, 4.69) is 29.3 Å². The predicted octanol–water partition coefficient (Wildman–Crippen LogP) is 4.66. The highest BCUT2D eigenvalue weighted by Gasteiger charge is 2.22. The molecule has 150 valence electrons. The number of benzene rings is 2. The third-order valence-corrected chi connectivity index (χ3v) is 6.50. The lowest BCUT2D eigenvalue weighted by molar-refractivity contribution is -0.132. The number of aromatic nitrogens is 1. The summed E-state index contributed by atoms with van der Waals surface area (Å²) in [4.78, 5) is 21.7. The maximum absolute atomic E-state index is 12.6. The van der Waals surface area contributed by atoms with Crippen LogP contribution in [0.2, 0.25) is 5.02 Å². The van der Waals surface area contributed by atoms with E-state index in [4.69, 9.17) is 16.6 Å². The molecule has 0 bridgehead atoms. The molecule has 0 atom stereocenters. The molecule has 1 saturated heterocycles. The Morgan fingerprint density at radius 1 is 1.07 bits per heavy atom. The van der Waals surface area contributed by atoms with E-state index in [1.807, 2.05) is 41.3 Å². The number of carbonyl (C=O) groups excluding carboxylic acids is 1. The highest BCUT2D eigenvalue weighted by molar-refractivity contribution is 7.13. The topological polar surface area (TPSA) is 36.4 Å². The highest BCUT2D eigenvalue weighted by Crippen LogP contribution is 2.30. The number of halogens is 1. The van der Waals surface area contributed by atoms with Crippen molar-refractivity contribution in [3.05, 3.63) is 75.8 Å². The summed E-state index contributed by atoms with van der Waals surface area (Å²) in [7, 11) is 0. The summed E-state index contributed by atoms with van der Waals surface area (Å²) in [6.07, 6.45) is 0.480. The van der Waals surface area contributed by atoms with Crippen LogP contribution in [0.1, 0.15) is 16.8 Å². The molecule has 1 aliphatic rings. The van der Waals surface area contributed by atoms with Crippen LogP contribution in [0.5, 0.6) is 0 Å². The third kappa shape index (κ3) is 5.04. The van der Waals surface area contributed by atoms with E-state index in [9.17, 15) is 4.79 Å². The van der Waals surface area contributed by atoms with Crippen LogP contribution in [-0.4, -0.2) is 46.9 Å². The molecule has 29 heavy (non-hydrogen) atoms. The standard InChI is InChI=1S/C23H24ClN3OS/c1-17-6-8-18(9-7-17)14-22(28)27-12-10-26(11-13-27)15-19-16-29-23(25-19)20-4-2-3-5-21(20)24/h2-9,16H,10-15H2,1H3. The SMILES string of the molecule is Cc1ccc(CC(=O)N2CCN(Cc3csc(-c4ccccc4Cl)n3)CC2)cc1. The monoisotopic (exact) mass is 425 g/mol. The fraction of sp³-hybridized carbons (Fsp3) is 0.304. The quantitative estimate of drug-likeness (QED) is 0.596. The van der Waals surface area contributed by atoms with Crippen molar-refractivity contribution < 1.29 is 4.79 Å². The van der Waals surface area contributed by atoms with Crippen LogP contribution >= 0.6 is 22.9 Å². The lowest BCUT2D eigenvalue weighted by atomic mass is 10.1. The Kier molecular flexibility index (Phi) is 6.28. The number of aryl methyl sites for hydroxylation is 1. The molecule has 0 radical (unpaired) electrons. The summed E-state index contributed by atoms with van der Waals surface area (Å²) in [5.41, 5.74) is 4.34. The molecule has 1 aliphatic heterocycles. The van der Waals surface area contributed by atoms with Gasteiger partial charge < -0.3 is 4.90 Å². The Bertz CT molecular complexity index is 978. The van der Waals surface area contributed by atoms with Gasteiger partial charge >= 0.3 is 0 Å². The maximum atomic E-state index is 12.6. The maximum Gasteiger partial charge on any atom is 0.227 e. The fourth-order valence-electron chi connectivity index (χ4n) is 3.51. The second-order valence-corrected chi connectivity index (χ2v) is 8.71. The van der Waals surface area contributed by atoms with Gasteiger partial charge in [-0.05, 0) is 18.6 Å². The molecule has 0 saturated carbocycles. The number of rotatable bonds is 5. The second-order valence-electron chi connectivity index (χ2n) is 7.44. The number of carbonyl (C=O) groups is 1. The van der Waals surface area contributed by atoms with Gasteiger partial charge in [0.2, 0.25) is 5.91 Å². The largest absolute Gasteiger partial charge is 0.340 e. The molecule has 4 rings (SSSR count). The minimum Gasteiger partial charge on any atom is -0.340 e. The summed E-state index contributed by atoms with van der Waals surface area (Å²) >= 11 is 7.92. The molecule has 2 aromatic carbocycles. The molecule has 3 aromatic rings. The number of nitrogens with zero attached hydrogens (tertiary/aromatic N) is 3. The van der Waals surface area contributed by atoms with E-state index < -0.39 is 0 Å². The molecule has 0 spiro atoms. The Balaban J connectivity index is 1.29. The molecular weight excluding hydrogens is 402 g/mol. The van der Waals surface area contributed by atoms with Gasteiger partial charge in [-0.25, -0.2) is 4.98 Å². The Hall–Kier alpha value is -2.21. The summed E-state index contributed by atoms with van der Waals surface area (Å²) in [5, 5.41) is 3.79. The van der Waals surface area contributed by atoms with Gasteiger partial charge in [0.15, 0.2) is 0 Å². The molecule has 0 unspecified atom stereocenters. The molecule has 0 N–H and O–H groups in total. The zero-order valence-electron chi connectivity index (χ0n) is 16.5. The summed E-state index contributed by atoms with van der Waals surface area (Å²) in [5.74, 6) is 0.211.